The van der Waals surface area contributed by atoms with Gasteiger partial charge in [0.1, 0.15) is 10.4 Å². The molecule has 2 rings (SSSR count). The lowest BCUT2D eigenvalue weighted by molar-refractivity contribution is 0.0515. The molecule has 0 aromatic carbocycles. The van der Waals surface area contributed by atoms with E-state index >= 15 is 0 Å². The highest BCUT2D eigenvalue weighted by Crippen LogP contribution is 2.31. The summed E-state index contributed by atoms with van der Waals surface area (Å²) in [6, 6.07) is 0. The Morgan fingerprint density at radius 1 is 1.32 bits per heavy atom. The number of carbonyl (C=O) groups is 1. The number of hydrogen-bond donors (Lipinski definition) is 0. The topological polar surface area (TPSA) is 90.5 Å². The van der Waals surface area contributed by atoms with E-state index in [0.29, 0.717) is 27.7 Å². The highest BCUT2D eigenvalue weighted by molar-refractivity contribution is 7.09. The molecule has 2 aromatic rings. The van der Waals surface area contributed by atoms with Gasteiger partial charge < -0.3 is 9.36 Å². The average molecular weight is 280 g/mol. The van der Waals surface area contributed by atoms with Gasteiger partial charge in [-0.15, -0.1) is 5.10 Å². The van der Waals surface area contributed by atoms with Crippen LogP contribution in [0.3, 0.4) is 0 Å². The third-order valence-electron chi connectivity index (χ3n) is 2.24. The Bertz CT molecular complexity index is 640. The van der Waals surface area contributed by atoms with E-state index in [4.69, 9.17) is 9.36 Å². The van der Waals surface area contributed by atoms with Gasteiger partial charge in [-0.2, -0.15) is 0 Å². The number of aromatic nitrogens is 3. The molecule has 0 N–H and O–H groups in total. The van der Waals surface area contributed by atoms with Crippen molar-refractivity contribution in [2.75, 3.05) is 0 Å². The molecule has 0 fully saturated rings. The maximum absolute atomic E-state index is 12.0. The molecule has 0 aliphatic carbocycles. The van der Waals surface area contributed by atoms with Gasteiger partial charge in [-0.05, 0) is 39.2 Å². The second-order valence-electron chi connectivity index (χ2n) is 4.08. The lowest BCUT2D eigenvalue weighted by Crippen LogP contribution is -2.04. The first kappa shape index (κ1) is 13.3. The summed E-state index contributed by atoms with van der Waals surface area (Å²) in [6.45, 7) is 6.90. The van der Waals surface area contributed by atoms with Crippen molar-refractivity contribution >= 4 is 23.2 Å². The minimum Gasteiger partial charge on any atom is -0.354 e. The zero-order chi connectivity index (χ0) is 14.0. The highest BCUT2D eigenvalue weighted by atomic mass is 32.1. The van der Waals surface area contributed by atoms with E-state index in [1.807, 2.05) is 0 Å². The van der Waals surface area contributed by atoms with Gasteiger partial charge in [0.2, 0.25) is 0 Å². The molecular weight excluding hydrogens is 268 g/mol. The molecule has 2 heterocycles. The van der Waals surface area contributed by atoms with Gasteiger partial charge in [-0.3, -0.25) is 0 Å². The van der Waals surface area contributed by atoms with Crippen molar-refractivity contribution in [1.29, 1.82) is 0 Å². The van der Waals surface area contributed by atoms with Crippen molar-refractivity contribution in [3.63, 3.8) is 0 Å². The van der Waals surface area contributed by atoms with Crippen LogP contribution >= 0.6 is 11.5 Å². The van der Waals surface area contributed by atoms with Crippen molar-refractivity contribution in [3.8, 4) is 10.6 Å². The van der Waals surface area contributed by atoms with Crippen molar-refractivity contribution in [1.82, 2.24) is 14.7 Å². The van der Waals surface area contributed by atoms with Gasteiger partial charge in [-0.1, -0.05) is 14.8 Å². The SMILES string of the molecule is CC(C)=NOC(=O)c1c(C)noc1-c1snnc1C. The molecule has 0 aliphatic heterocycles. The van der Waals surface area contributed by atoms with Crippen LogP contribution in [0.5, 0.6) is 0 Å². The minimum absolute atomic E-state index is 0.249. The van der Waals surface area contributed by atoms with Crippen molar-refractivity contribution in [3.05, 3.63) is 17.0 Å². The average Bonchev–Trinajstić information content (AvgIpc) is 2.92. The van der Waals surface area contributed by atoms with E-state index in [-0.39, 0.29) is 5.56 Å². The van der Waals surface area contributed by atoms with Gasteiger partial charge in [0.05, 0.1) is 17.1 Å². The molecular formula is C11H12N4O3S. The van der Waals surface area contributed by atoms with E-state index in [1.54, 1.807) is 27.7 Å². The summed E-state index contributed by atoms with van der Waals surface area (Å²) in [5.41, 5.74) is 2.00. The number of oxime groups is 1. The summed E-state index contributed by atoms with van der Waals surface area (Å²) in [7, 11) is 0. The second kappa shape index (κ2) is 5.27. The van der Waals surface area contributed by atoms with Crippen molar-refractivity contribution in [2.45, 2.75) is 27.7 Å². The molecule has 0 spiro atoms. The Hall–Kier alpha value is -2.09. The third-order valence-corrected chi connectivity index (χ3v) is 3.06. The number of carbonyl (C=O) groups excluding carboxylic acids is 1. The molecule has 0 saturated heterocycles. The summed E-state index contributed by atoms with van der Waals surface area (Å²) in [5.74, 6) is -0.290. The zero-order valence-corrected chi connectivity index (χ0v) is 11.7. The highest BCUT2D eigenvalue weighted by Gasteiger charge is 2.26. The quantitative estimate of drug-likeness (QED) is 0.487. The monoisotopic (exact) mass is 280 g/mol. The lowest BCUT2D eigenvalue weighted by Gasteiger charge is -1.98. The van der Waals surface area contributed by atoms with E-state index in [0.717, 1.165) is 11.5 Å². The van der Waals surface area contributed by atoms with Gasteiger partial charge >= 0.3 is 5.97 Å². The van der Waals surface area contributed by atoms with Gasteiger partial charge in [0.15, 0.2) is 5.76 Å². The van der Waals surface area contributed by atoms with E-state index in [2.05, 4.69) is 19.9 Å². The van der Waals surface area contributed by atoms with E-state index in [1.165, 1.54) is 0 Å². The molecule has 2 aromatic heterocycles. The first-order valence-corrected chi connectivity index (χ1v) is 6.26. The Kier molecular flexibility index (Phi) is 3.70. The molecule has 0 aliphatic rings. The van der Waals surface area contributed by atoms with Crippen LogP contribution in [0.25, 0.3) is 10.6 Å². The van der Waals surface area contributed by atoms with Crippen LogP contribution in [0.15, 0.2) is 9.68 Å². The number of aryl methyl sites for hydroxylation is 2. The first-order chi connectivity index (χ1) is 9.00. The standard InChI is InChI=1S/C11H12N4O3S/c1-5(2)13-18-11(16)8-6(3)14-17-9(8)10-7(4)12-15-19-10/h1-4H3. The van der Waals surface area contributed by atoms with Crippen LogP contribution in [0.4, 0.5) is 0 Å². The maximum Gasteiger partial charge on any atom is 0.371 e. The summed E-state index contributed by atoms with van der Waals surface area (Å²) < 4.78 is 8.99. The Morgan fingerprint density at radius 2 is 2.05 bits per heavy atom. The fourth-order valence-corrected chi connectivity index (χ4v) is 2.02. The summed E-state index contributed by atoms with van der Waals surface area (Å²) >= 11 is 1.13. The predicted molar refractivity (Wildman–Crippen MR) is 69.1 cm³/mol. The van der Waals surface area contributed by atoms with E-state index in [9.17, 15) is 4.79 Å². The second-order valence-corrected chi connectivity index (χ2v) is 4.83. The molecule has 19 heavy (non-hydrogen) atoms. The Balaban J connectivity index is 2.41. The van der Waals surface area contributed by atoms with Gasteiger partial charge in [0, 0.05) is 0 Å². The smallest absolute Gasteiger partial charge is 0.354 e. The number of hydrogen-bond acceptors (Lipinski definition) is 8. The third kappa shape index (κ3) is 2.68. The zero-order valence-electron chi connectivity index (χ0n) is 10.9. The van der Waals surface area contributed by atoms with Crippen LogP contribution < -0.4 is 0 Å². The fourth-order valence-electron chi connectivity index (χ4n) is 1.38. The summed E-state index contributed by atoms with van der Waals surface area (Å²) in [6.07, 6.45) is 0. The lowest BCUT2D eigenvalue weighted by atomic mass is 10.1. The van der Waals surface area contributed by atoms with Crippen molar-refractivity contribution in [2.24, 2.45) is 5.16 Å². The van der Waals surface area contributed by atoms with Crippen LogP contribution in [-0.2, 0) is 4.84 Å². The Morgan fingerprint density at radius 3 is 2.63 bits per heavy atom. The molecule has 7 nitrogen and oxygen atoms in total. The first-order valence-electron chi connectivity index (χ1n) is 5.49. The predicted octanol–water partition coefficient (Wildman–Crippen LogP) is 2.36. The van der Waals surface area contributed by atoms with Gasteiger partial charge in [-0.25, -0.2) is 4.79 Å². The number of rotatable bonds is 3. The molecule has 8 heteroatoms. The Labute approximate surface area is 113 Å². The molecule has 0 amide bonds. The fraction of sp³-hybridized carbons (Fsp3) is 0.364. The molecule has 100 valence electrons. The normalized spacial score (nSPS) is 10.3. The molecule has 0 unspecified atom stereocenters. The van der Waals surface area contributed by atoms with Crippen molar-refractivity contribution < 1.29 is 14.2 Å². The maximum atomic E-state index is 12.0. The van der Waals surface area contributed by atoms with Crippen LogP contribution in [0, 0.1) is 13.8 Å². The summed E-state index contributed by atoms with van der Waals surface area (Å²) in [5, 5.41) is 11.3. The molecule has 0 atom stereocenters. The van der Waals surface area contributed by atoms with Crippen LogP contribution in [0.1, 0.15) is 35.6 Å². The number of nitrogens with zero attached hydrogens (tertiary/aromatic N) is 4. The van der Waals surface area contributed by atoms with Crippen LogP contribution in [0.2, 0.25) is 0 Å². The molecule has 0 bridgehead atoms. The summed E-state index contributed by atoms with van der Waals surface area (Å²) in [4.78, 5) is 17.5. The molecule has 0 radical (unpaired) electrons. The van der Waals surface area contributed by atoms with E-state index < -0.39 is 5.97 Å². The molecule has 0 saturated carbocycles. The largest absolute Gasteiger partial charge is 0.371 e. The van der Waals surface area contributed by atoms with Gasteiger partial charge in [0.25, 0.3) is 0 Å². The minimum atomic E-state index is -0.609. The van der Waals surface area contributed by atoms with Crippen LogP contribution in [-0.4, -0.2) is 26.4 Å².